The molecule has 0 aromatic heterocycles. The van der Waals surface area contributed by atoms with Crippen molar-refractivity contribution in [1.82, 2.24) is 0 Å². The van der Waals surface area contributed by atoms with E-state index in [1.165, 1.54) is 10.4 Å². The van der Waals surface area contributed by atoms with E-state index in [1.807, 2.05) is 51.1 Å². The Balaban J connectivity index is 2.22. The molecule has 0 fully saturated rings. The molecule has 3 aromatic carbocycles. The van der Waals surface area contributed by atoms with Gasteiger partial charge in [0.1, 0.15) is 8.07 Å². The van der Waals surface area contributed by atoms with Gasteiger partial charge in [0.05, 0.1) is 17.6 Å². The van der Waals surface area contributed by atoms with Crippen molar-refractivity contribution in [1.29, 1.82) is 0 Å². The zero-order valence-corrected chi connectivity index (χ0v) is 28.4. The fraction of sp³-hybridized carbons (Fsp3) is 0.394. The molecule has 0 heterocycles. The van der Waals surface area contributed by atoms with Crippen molar-refractivity contribution in [3.8, 4) is 0 Å². The largest absolute Gasteiger partial charge is 0.412 e. The first kappa shape index (κ1) is 32.2. The van der Waals surface area contributed by atoms with Crippen molar-refractivity contribution in [2.24, 2.45) is 0 Å². The first-order chi connectivity index (χ1) is 18.5. The molecule has 0 amide bonds. The van der Waals surface area contributed by atoms with Gasteiger partial charge >= 0.3 is 0 Å². The number of benzene rings is 3. The molecule has 0 unspecified atom stereocenters. The Morgan fingerprint density at radius 2 is 1.30 bits per heavy atom. The van der Waals surface area contributed by atoms with Gasteiger partial charge in [0.25, 0.3) is 10.1 Å². The van der Waals surface area contributed by atoms with E-state index in [4.69, 9.17) is 8.61 Å². The molecule has 4 nitrogen and oxygen atoms in total. The van der Waals surface area contributed by atoms with Gasteiger partial charge in [0.2, 0.25) is 0 Å². The standard InChI is InChI=1S/C33H46O4SSi2/c1-11-31(40(33(5,6)7,28-18-14-12-15-19-28)29-20-16-13-17-21-29)30(37-39(8,9)10)24-36-38(34,35)32-26(3)22-25(2)23-27(32)4/h11-23,30-31H,1,24H2,2-10H3/t30-,31-/m0/s1. The second-order valence-electron chi connectivity index (χ2n) is 12.8. The quantitative estimate of drug-likeness (QED) is 0.134. The lowest BCUT2D eigenvalue weighted by Crippen LogP contribution is -2.69. The molecule has 216 valence electrons. The van der Waals surface area contributed by atoms with Crippen LogP contribution in [0, 0.1) is 20.8 Å². The van der Waals surface area contributed by atoms with Crippen LogP contribution in [0.3, 0.4) is 0 Å². The zero-order valence-electron chi connectivity index (χ0n) is 25.6. The monoisotopic (exact) mass is 594 g/mol. The van der Waals surface area contributed by atoms with Crippen LogP contribution in [0.25, 0.3) is 0 Å². The van der Waals surface area contributed by atoms with E-state index in [1.54, 1.807) is 0 Å². The van der Waals surface area contributed by atoms with Crippen molar-refractivity contribution < 1.29 is 17.0 Å². The molecule has 0 N–H and O–H groups in total. The SMILES string of the molecule is C=C[C@@H]([C@H](COS(=O)(=O)c1c(C)cc(C)cc1C)O[Si](C)(C)C)[Si](c1ccccc1)(c1ccccc1)C(C)(C)C. The summed E-state index contributed by atoms with van der Waals surface area (Å²) in [5.74, 6) is 0. The van der Waals surface area contributed by atoms with Gasteiger partial charge in [-0.3, -0.25) is 4.18 Å². The molecule has 2 atom stereocenters. The molecule has 0 radical (unpaired) electrons. The van der Waals surface area contributed by atoms with Crippen LogP contribution >= 0.6 is 0 Å². The van der Waals surface area contributed by atoms with Gasteiger partial charge < -0.3 is 4.43 Å². The molecule has 0 aliphatic heterocycles. The molecule has 7 heteroatoms. The first-order valence-corrected chi connectivity index (χ1v) is 20.8. The fourth-order valence-electron chi connectivity index (χ4n) is 6.37. The van der Waals surface area contributed by atoms with Crippen LogP contribution in [-0.2, 0) is 18.7 Å². The summed E-state index contributed by atoms with van der Waals surface area (Å²) in [4.78, 5) is 0.241. The lowest BCUT2D eigenvalue weighted by Gasteiger charge is -2.51. The number of aryl methyl sites for hydroxylation is 3. The normalized spacial score (nSPS) is 14.5. The Bertz CT molecular complexity index is 1340. The van der Waals surface area contributed by atoms with Gasteiger partial charge in [-0.1, -0.05) is 116 Å². The van der Waals surface area contributed by atoms with Gasteiger partial charge in [-0.25, -0.2) is 0 Å². The molecule has 0 aliphatic carbocycles. The van der Waals surface area contributed by atoms with Crippen LogP contribution in [0.4, 0.5) is 0 Å². The molecule has 3 aromatic rings. The van der Waals surface area contributed by atoms with Crippen molar-refractivity contribution in [2.75, 3.05) is 6.61 Å². The highest BCUT2D eigenvalue weighted by Crippen LogP contribution is 2.46. The number of hydrogen-bond donors (Lipinski definition) is 0. The summed E-state index contributed by atoms with van der Waals surface area (Å²) in [5.41, 5.74) is 2.23. The molecular weight excluding hydrogens is 549 g/mol. The van der Waals surface area contributed by atoms with E-state index in [-0.39, 0.29) is 22.1 Å². The minimum absolute atomic E-state index is 0.0828. The van der Waals surface area contributed by atoms with Gasteiger partial charge in [0, 0.05) is 5.54 Å². The summed E-state index contributed by atoms with van der Waals surface area (Å²) >= 11 is 0. The average molecular weight is 595 g/mol. The number of hydrogen-bond acceptors (Lipinski definition) is 4. The van der Waals surface area contributed by atoms with Crippen LogP contribution in [0.1, 0.15) is 37.5 Å². The molecular formula is C33H46O4SSi2. The van der Waals surface area contributed by atoms with E-state index in [2.05, 4.69) is 95.5 Å². The molecule has 0 aliphatic rings. The average Bonchev–Trinajstić information content (AvgIpc) is 2.84. The Morgan fingerprint density at radius 1 is 0.850 bits per heavy atom. The fourth-order valence-corrected chi connectivity index (χ4v) is 15.3. The molecule has 3 rings (SSSR count). The lowest BCUT2D eigenvalue weighted by molar-refractivity contribution is 0.126. The van der Waals surface area contributed by atoms with Crippen molar-refractivity contribution in [3.63, 3.8) is 0 Å². The second-order valence-corrected chi connectivity index (χ2v) is 23.7. The summed E-state index contributed by atoms with van der Waals surface area (Å²) in [6.07, 6.45) is 1.50. The first-order valence-electron chi connectivity index (χ1n) is 13.9. The lowest BCUT2D eigenvalue weighted by atomic mass is 10.1. The maximum atomic E-state index is 13.7. The summed E-state index contributed by atoms with van der Waals surface area (Å²) in [7, 11) is -8.91. The third-order valence-corrected chi connectivity index (χ3v) is 16.6. The third-order valence-electron chi connectivity index (χ3n) is 7.54. The molecule has 0 saturated carbocycles. The van der Waals surface area contributed by atoms with Crippen molar-refractivity contribution >= 4 is 36.9 Å². The molecule has 0 spiro atoms. The predicted molar refractivity (Wildman–Crippen MR) is 174 cm³/mol. The van der Waals surface area contributed by atoms with Gasteiger partial charge in [-0.2, -0.15) is 8.42 Å². The van der Waals surface area contributed by atoms with Gasteiger partial charge in [-0.15, -0.1) is 6.58 Å². The summed E-state index contributed by atoms with van der Waals surface area (Å²) in [5, 5.41) is 2.35. The Labute approximate surface area is 244 Å². The molecule has 0 saturated heterocycles. The van der Waals surface area contributed by atoms with Crippen LogP contribution in [0.5, 0.6) is 0 Å². The minimum Gasteiger partial charge on any atom is -0.412 e. The van der Waals surface area contributed by atoms with Crippen LogP contribution in [-0.4, -0.2) is 37.5 Å². The van der Waals surface area contributed by atoms with Crippen molar-refractivity contribution in [3.05, 3.63) is 102 Å². The zero-order chi connectivity index (χ0) is 29.9. The maximum absolute atomic E-state index is 13.7. The topological polar surface area (TPSA) is 52.6 Å². The summed E-state index contributed by atoms with van der Waals surface area (Å²) < 4.78 is 40.1. The third kappa shape index (κ3) is 6.77. The Morgan fingerprint density at radius 3 is 1.68 bits per heavy atom. The number of rotatable bonds is 11. The van der Waals surface area contributed by atoms with E-state index in [0.29, 0.717) is 11.1 Å². The van der Waals surface area contributed by atoms with E-state index < -0.39 is 32.6 Å². The van der Waals surface area contributed by atoms with Crippen molar-refractivity contribution in [2.45, 2.75) is 82.8 Å². The van der Waals surface area contributed by atoms with Crippen LogP contribution in [0.15, 0.2) is 90.3 Å². The highest BCUT2D eigenvalue weighted by atomic mass is 32.2. The minimum atomic E-state index is -4.02. The van der Waals surface area contributed by atoms with E-state index in [9.17, 15) is 8.42 Å². The maximum Gasteiger partial charge on any atom is 0.297 e. The second kappa shape index (κ2) is 12.3. The van der Waals surface area contributed by atoms with E-state index >= 15 is 0 Å². The molecule has 40 heavy (non-hydrogen) atoms. The Hall–Kier alpha value is -2.30. The molecule has 0 bridgehead atoms. The van der Waals surface area contributed by atoms with Gasteiger partial charge in [0.15, 0.2) is 8.32 Å². The van der Waals surface area contributed by atoms with E-state index in [0.717, 1.165) is 5.56 Å². The smallest absolute Gasteiger partial charge is 0.297 e. The summed E-state index contributed by atoms with van der Waals surface area (Å²) in [6, 6.07) is 25.0. The predicted octanol–water partition coefficient (Wildman–Crippen LogP) is 7.16. The highest BCUT2D eigenvalue weighted by Gasteiger charge is 2.55. The highest BCUT2D eigenvalue weighted by molar-refractivity contribution is 7.86. The van der Waals surface area contributed by atoms with Crippen LogP contribution in [0.2, 0.25) is 30.2 Å². The van der Waals surface area contributed by atoms with Gasteiger partial charge in [-0.05, 0) is 56.6 Å². The Kier molecular flexibility index (Phi) is 9.90. The summed E-state index contributed by atoms with van der Waals surface area (Å²) in [6.45, 7) is 23.1. The van der Waals surface area contributed by atoms with Crippen LogP contribution < -0.4 is 10.4 Å².